The molecule has 2 aromatic rings. The second-order valence-electron chi connectivity index (χ2n) is 6.19. The van der Waals surface area contributed by atoms with E-state index in [4.69, 9.17) is 4.74 Å². The number of carbonyl (C=O) groups excluding carboxylic acids is 3. The number of methoxy groups -OCH3 is 1. The van der Waals surface area contributed by atoms with Gasteiger partial charge < -0.3 is 20.3 Å². The van der Waals surface area contributed by atoms with Gasteiger partial charge in [-0.25, -0.2) is 0 Å². The van der Waals surface area contributed by atoms with E-state index in [1.165, 1.54) is 4.90 Å². The van der Waals surface area contributed by atoms with Crippen LogP contribution < -0.4 is 15.4 Å². The molecule has 3 amide bonds. The Labute approximate surface area is 157 Å². The van der Waals surface area contributed by atoms with Gasteiger partial charge in [0.15, 0.2) is 0 Å². The molecule has 0 spiro atoms. The number of benzene rings is 2. The first kappa shape index (κ1) is 18.4. The summed E-state index contributed by atoms with van der Waals surface area (Å²) in [6.45, 7) is 0.956. The summed E-state index contributed by atoms with van der Waals surface area (Å²) in [5, 5.41) is 5.49. The van der Waals surface area contributed by atoms with Gasteiger partial charge in [-0.2, -0.15) is 0 Å². The van der Waals surface area contributed by atoms with Crippen LogP contribution in [0.1, 0.15) is 15.9 Å². The van der Waals surface area contributed by atoms with E-state index in [0.717, 1.165) is 5.56 Å². The van der Waals surface area contributed by atoms with Crippen LogP contribution in [-0.2, 0) is 16.0 Å². The Morgan fingerprint density at radius 3 is 2.78 bits per heavy atom. The first-order valence-corrected chi connectivity index (χ1v) is 8.64. The second-order valence-corrected chi connectivity index (χ2v) is 6.19. The summed E-state index contributed by atoms with van der Waals surface area (Å²) in [6, 6.07) is 14.0. The Balaban J connectivity index is 1.67. The van der Waals surface area contributed by atoms with Crippen LogP contribution in [0.15, 0.2) is 48.5 Å². The highest BCUT2D eigenvalue weighted by Crippen LogP contribution is 2.19. The number of piperazine rings is 1. The van der Waals surface area contributed by atoms with E-state index in [2.05, 4.69) is 10.6 Å². The van der Waals surface area contributed by atoms with E-state index >= 15 is 0 Å². The molecule has 0 unspecified atom stereocenters. The number of amides is 3. The van der Waals surface area contributed by atoms with Crippen LogP contribution >= 0.6 is 0 Å². The smallest absolute Gasteiger partial charge is 0.254 e. The molecule has 140 valence electrons. The number of nitrogens with one attached hydrogen (secondary N) is 2. The predicted molar refractivity (Wildman–Crippen MR) is 101 cm³/mol. The maximum atomic E-state index is 12.6. The SMILES string of the molecule is COc1ccccc1CC(=O)Nc1cccc(C(=O)N2CCNC(=O)C2)c1. The Bertz CT molecular complexity index is 866. The number of anilines is 1. The standard InChI is InChI=1S/C20H21N3O4/c1-27-17-8-3-2-5-14(17)12-18(24)22-16-7-4-6-15(11-16)20(26)23-10-9-21-19(25)13-23/h2-8,11H,9-10,12-13H2,1H3,(H,21,25)(H,22,24). The fourth-order valence-corrected chi connectivity index (χ4v) is 2.95. The quantitative estimate of drug-likeness (QED) is 0.837. The monoisotopic (exact) mass is 367 g/mol. The van der Waals surface area contributed by atoms with Crippen molar-refractivity contribution in [3.05, 3.63) is 59.7 Å². The number of ether oxygens (including phenoxy) is 1. The van der Waals surface area contributed by atoms with Gasteiger partial charge in [0.2, 0.25) is 11.8 Å². The molecule has 1 aliphatic rings. The van der Waals surface area contributed by atoms with Crippen molar-refractivity contribution in [1.82, 2.24) is 10.2 Å². The van der Waals surface area contributed by atoms with E-state index in [-0.39, 0.29) is 30.7 Å². The average molecular weight is 367 g/mol. The van der Waals surface area contributed by atoms with Crippen molar-refractivity contribution < 1.29 is 19.1 Å². The lowest BCUT2D eigenvalue weighted by atomic mass is 10.1. The third-order valence-corrected chi connectivity index (χ3v) is 4.26. The molecule has 2 N–H and O–H groups in total. The van der Waals surface area contributed by atoms with Crippen LogP contribution in [0.4, 0.5) is 5.69 Å². The molecule has 7 nitrogen and oxygen atoms in total. The van der Waals surface area contributed by atoms with Crippen molar-refractivity contribution in [3.8, 4) is 5.75 Å². The van der Waals surface area contributed by atoms with Crippen molar-refractivity contribution in [1.29, 1.82) is 0 Å². The van der Waals surface area contributed by atoms with Crippen molar-refractivity contribution in [3.63, 3.8) is 0 Å². The molecule has 3 rings (SSSR count). The largest absolute Gasteiger partial charge is 0.496 e. The fourth-order valence-electron chi connectivity index (χ4n) is 2.95. The minimum Gasteiger partial charge on any atom is -0.496 e. The number of hydrogen-bond donors (Lipinski definition) is 2. The normalized spacial score (nSPS) is 13.7. The summed E-state index contributed by atoms with van der Waals surface area (Å²) in [6.07, 6.45) is 0.161. The number of nitrogens with zero attached hydrogens (tertiary/aromatic N) is 1. The average Bonchev–Trinajstić information content (AvgIpc) is 2.68. The molecule has 1 heterocycles. The third kappa shape index (κ3) is 4.63. The number of hydrogen-bond acceptors (Lipinski definition) is 4. The molecule has 0 saturated carbocycles. The van der Waals surface area contributed by atoms with Gasteiger partial charge in [0.1, 0.15) is 5.75 Å². The zero-order valence-electron chi connectivity index (χ0n) is 15.0. The van der Waals surface area contributed by atoms with Crippen LogP contribution in [0.5, 0.6) is 5.75 Å². The van der Waals surface area contributed by atoms with Gasteiger partial charge in [-0.05, 0) is 24.3 Å². The molecule has 0 aliphatic carbocycles. The Hall–Kier alpha value is -3.35. The molecule has 0 radical (unpaired) electrons. The molecule has 0 aromatic heterocycles. The molecule has 0 atom stereocenters. The summed E-state index contributed by atoms with van der Waals surface area (Å²) in [7, 11) is 1.56. The van der Waals surface area contributed by atoms with Gasteiger partial charge in [-0.15, -0.1) is 0 Å². The van der Waals surface area contributed by atoms with E-state index in [1.54, 1.807) is 37.4 Å². The Kier molecular flexibility index (Phi) is 5.71. The highest BCUT2D eigenvalue weighted by atomic mass is 16.5. The van der Waals surface area contributed by atoms with Gasteiger partial charge in [0.05, 0.1) is 20.1 Å². The van der Waals surface area contributed by atoms with Crippen molar-refractivity contribution in [2.45, 2.75) is 6.42 Å². The first-order chi connectivity index (χ1) is 13.1. The zero-order valence-corrected chi connectivity index (χ0v) is 15.0. The molecule has 1 saturated heterocycles. The van der Waals surface area contributed by atoms with Crippen molar-refractivity contribution in [2.24, 2.45) is 0 Å². The van der Waals surface area contributed by atoms with Crippen molar-refractivity contribution >= 4 is 23.4 Å². The van der Waals surface area contributed by atoms with E-state index in [0.29, 0.717) is 30.1 Å². The number of para-hydroxylation sites is 1. The van der Waals surface area contributed by atoms with Crippen molar-refractivity contribution in [2.75, 3.05) is 32.1 Å². The summed E-state index contributed by atoms with van der Waals surface area (Å²) >= 11 is 0. The summed E-state index contributed by atoms with van der Waals surface area (Å²) < 4.78 is 5.26. The molecule has 2 aromatic carbocycles. The highest BCUT2D eigenvalue weighted by Gasteiger charge is 2.22. The summed E-state index contributed by atoms with van der Waals surface area (Å²) in [4.78, 5) is 37.9. The molecule has 1 fully saturated rings. The topological polar surface area (TPSA) is 87.7 Å². The van der Waals surface area contributed by atoms with Crippen LogP contribution in [0.2, 0.25) is 0 Å². The third-order valence-electron chi connectivity index (χ3n) is 4.26. The highest BCUT2D eigenvalue weighted by molar-refractivity contribution is 5.99. The van der Waals surface area contributed by atoms with Gasteiger partial charge in [-0.1, -0.05) is 24.3 Å². The summed E-state index contributed by atoms with van der Waals surface area (Å²) in [5.41, 5.74) is 1.74. The van der Waals surface area contributed by atoms with Gasteiger partial charge in [0, 0.05) is 29.9 Å². The molecule has 0 bridgehead atoms. The molecule has 7 heteroatoms. The van der Waals surface area contributed by atoms with Crippen LogP contribution in [0, 0.1) is 0 Å². The number of carbonyl (C=O) groups is 3. The van der Waals surface area contributed by atoms with Crippen LogP contribution in [0.3, 0.4) is 0 Å². The van der Waals surface area contributed by atoms with Gasteiger partial charge in [0.25, 0.3) is 5.91 Å². The summed E-state index contributed by atoms with van der Waals surface area (Å²) in [5.74, 6) is 0.0444. The maximum absolute atomic E-state index is 12.6. The lowest BCUT2D eigenvalue weighted by Crippen LogP contribution is -2.49. The molecular weight excluding hydrogens is 346 g/mol. The maximum Gasteiger partial charge on any atom is 0.254 e. The van der Waals surface area contributed by atoms with E-state index in [9.17, 15) is 14.4 Å². The van der Waals surface area contributed by atoms with Gasteiger partial charge in [-0.3, -0.25) is 14.4 Å². The zero-order chi connectivity index (χ0) is 19.2. The number of rotatable bonds is 5. The molecular formula is C20H21N3O4. The van der Waals surface area contributed by atoms with Crippen LogP contribution in [0.25, 0.3) is 0 Å². The predicted octanol–water partition coefficient (Wildman–Crippen LogP) is 1.45. The second kappa shape index (κ2) is 8.35. The van der Waals surface area contributed by atoms with E-state index in [1.807, 2.05) is 18.2 Å². The Morgan fingerprint density at radius 1 is 1.19 bits per heavy atom. The Morgan fingerprint density at radius 2 is 2.00 bits per heavy atom. The lowest BCUT2D eigenvalue weighted by molar-refractivity contribution is -0.123. The minimum atomic E-state index is -0.231. The van der Waals surface area contributed by atoms with Crippen LogP contribution in [-0.4, -0.2) is 49.4 Å². The first-order valence-electron chi connectivity index (χ1n) is 8.64. The molecule has 1 aliphatic heterocycles. The molecule has 27 heavy (non-hydrogen) atoms. The fraction of sp³-hybridized carbons (Fsp3) is 0.250. The lowest BCUT2D eigenvalue weighted by Gasteiger charge is -2.26. The van der Waals surface area contributed by atoms with Gasteiger partial charge >= 0.3 is 0 Å². The van der Waals surface area contributed by atoms with E-state index < -0.39 is 0 Å². The minimum absolute atomic E-state index is 0.0449.